The van der Waals surface area contributed by atoms with Gasteiger partial charge < -0.3 is 10.1 Å². The van der Waals surface area contributed by atoms with Gasteiger partial charge in [0, 0.05) is 29.6 Å². The molecule has 0 atom stereocenters. The second-order valence-corrected chi connectivity index (χ2v) is 6.84. The van der Waals surface area contributed by atoms with Crippen LogP contribution in [0.2, 0.25) is 0 Å². The van der Waals surface area contributed by atoms with Gasteiger partial charge in [-0.1, -0.05) is 25.1 Å². The summed E-state index contributed by atoms with van der Waals surface area (Å²) in [6.45, 7) is 5.37. The average molecular weight is 406 g/mol. The van der Waals surface area contributed by atoms with E-state index in [1.807, 2.05) is 48.1 Å². The van der Waals surface area contributed by atoms with Crippen molar-refractivity contribution in [3.8, 4) is 5.75 Å². The first kappa shape index (κ1) is 21.1. The standard InChI is InChI=1S/C23H27N5O2/c1-4-14-28-16-19(17(2)27-28)15-24-23(25-20-8-6-5-7-9-20)26-22(29)18-10-12-21(30-3)13-11-18/h5-13,16H,4,14-15H2,1-3H3,(H2,24,25,26,29). The van der Waals surface area contributed by atoms with Crippen LogP contribution in [-0.4, -0.2) is 28.8 Å². The normalized spacial score (nSPS) is 11.2. The molecule has 0 saturated carbocycles. The number of nitrogens with zero attached hydrogens (tertiary/aromatic N) is 3. The van der Waals surface area contributed by atoms with E-state index in [1.54, 1.807) is 31.4 Å². The second-order valence-electron chi connectivity index (χ2n) is 6.84. The van der Waals surface area contributed by atoms with E-state index in [0.717, 1.165) is 29.9 Å². The fourth-order valence-electron chi connectivity index (χ4n) is 2.91. The number of methoxy groups -OCH3 is 1. The second kappa shape index (κ2) is 10.2. The Hall–Kier alpha value is -3.61. The Morgan fingerprint density at radius 3 is 2.53 bits per heavy atom. The molecule has 0 aliphatic rings. The zero-order valence-electron chi connectivity index (χ0n) is 17.6. The van der Waals surface area contributed by atoms with Gasteiger partial charge in [-0.3, -0.25) is 14.8 Å². The number of carbonyl (C=O) groups is 1. The highest BCUT2D eigenvalue weighted by Gasteiger charge is 2.11. The zero-order chi connectivity index (χ0) is 21.3. The summed E-state index contributed by atoms with van der Waals surface area (Å²) in [5, 5.41) is 10.6. The predicted octanol–water partition coefficient (Wildman–Crippen LogP) is 4.01. The van der Waals surface area contributed by atoms with Gasteiger partial charge in [0.25, 0.3) is 5.91 Å². The van der Waals surface area contributed by atoms with Gasteiger partial charge in [-0.05, 0) is 49.7 Å². The molecule has 7 heteroatoms. The summed E-state index contributed by atoms with van der Waals surface area (Å²) in [6, 6.07) is 16.5. The third kappa shape index (κ3) is 5.70. The quantitative estimate of drug-likeness (QED) is 0.460. The molecule has 0 saturated heterocycles. The van der Waals surface area contributed by atoms with E-state index in [-0.39, 0.29) is 5.91 Å². The maximum Gasteiger partial charge on any atom is 0.257 e. The van der Waals surface area contributed by atoms with Crippen LogP contribution in [0.25, 0.3) is 0 Å². The molecule has 1 amide bonds. The Bertz CT molecular complexity index is 994. The first-order valence-corrected chi connectivity index (χ1v) is 9.94. The minimum absolute atomic E-state index is 0.252. The molecule has 0 bridgehead atoms. The maximum absolute atomic E-state index is 12.7. The van der Waals surface area contributed by atoms with E-state index >= 15 is 0 Å². The van der Waals surface area contributed by atoms with Gasteiger partial charge >= 0.3 is 0 Å². The van der Waals surface area contributed by atoms with E-state index in [2.05, 4.69) is 27.6 Å². The summed E-state index contributed by atoms with van der Waals surface area (Å²) in [5.74, 6) is 0.824. The molecule has 3 rings (SSSR count). The molecule has 1 heterocycles. The van der Waals surface area contributed by atoms with Crippen molar-refractivity contribution in [2.24, 2.45) is 4.99 Å². The van der Waals surface area contributed by atoms with Gasteiger partial charge in [0.05, 0.1) is 19.3 Å². The first-order valence-electron chi connectivity index (χ1n) is 9.94. The van der Waals surface area contributed by atoms with E-state index in [0.29, 0.717) is 23.8 Å². The van der Waals surface area contributed by atoms with Gasteiger partial charge in [0.15, 0.2) is 0 Å². The number of anilines is 1. The topological polar surface area (TPSA) is 80.5 Å². The lowest BCUT2D eigenvalue weighted by Crippen LogP contribution is -2.36. The molecule has 1 aromatic heterocycles. The van der Waals surface area contributed by atoms with Crippen LogP contribution in [0.3, 0.4) is 0 Å². The number of amides is 1. The number of aliphatic imine (C=N–C) groups is 1. The summed E-state index contributed by atoms with van der Waals surface area (Å²) in [5.41, 5.74) is 3.32. The molecule has 0 unspecified atom stereocenters. The molecular formula is C23H27N5O2. The van der Waals surface area contributed by atoms with Gasteiger partial charge in [0.2, 0.25) is 5.96 Å². The van der Waals surface area contributed by atoms with Gasteiger partial charge in [0.1, 0.15) is 5.75 Å². The molecule has 0 fully saturated rings. The SMILES string of the molecule is CCCn1cc(CN=C(NC(=O)c2ccc(OC)cc2)Nc2ccccc2)c(C)n1. The monoisotopic (exact) mass is 405 g/mol. The fourth-order valence-corrected chi connectivity index (χ4v) is 2.91. The maximum atomic E-state index is 12.7. The molecule has 7 nitrogen and oxygen atoms in total. The summed E-state index contributed by atoms with van der Waals surface area (Å²) in [7, 11) is 1.59. The molecule has 0 aliphatic heterocycles. The predicted molar refractivity (Wildman–Crippen MR) is 119 cm³/mol. The molecule has 156 valence electrons. The highest BCUT2D eigenvalue weighted by Crippen LogP contribution is 2.12. The number of para-hydroxylation sites is 1. The molecule has 0 aliphatic carbocycles. The number of nitrogens with one attached hydrogen (secondary N) is 2. The Kier molecular flexibility index (Phi) is 7.21. The summed E-state index contributed by atoms with van der Waals surface area (Å²) >= 11 is 0. The van der Waals surface area contributed by atoms with Gasteiger partial charge in [-0.25, -0.2) is 4.99 Å². The molecule has 0 radical (unpaired) electrons. The number of guanidine groups is 1. The highest BCUT2D eigenvalue weighted by atomic mass is 16.5. The van der Waals surface area contributed by atoms with Crippen LogP contribution < -0.4 is 15.4 Å². The molecule has 30 heavy (non-hydrogen) atoms. The van der Waals surface area contributed by atoms with Crippen molar-refractivity contribution in [1.29, 1.82) is 0 Å². The molecule has 2 N–H and O–H groups in total. The third-order valence-electron chi connectivity index (χ3n) is 4.53. The van der Waals surface area contributed by atoms with Crippen LogP contribution in [0.15, 0.2) is 65.8 Å². The number of rotatable bonds is 7. The molecule has 3 aromatic rings. The molecule has 2 aromatic carbocycles. The fraction of sp³-hybridized carbons (Fsp3) is 0.261. The lowest BCUT2D eigenvalue weighted by Gasteiger charge is -2.12. The van der Waals surface area contributed by atoms with Crippen LogP contribution in [0, 0.1) is 6.92 Å². The smallest absolute Gasteiger partial charge is 0.257 e. The van der Waals surface area contributed by atoms with Gasteiger partial charge in [-0.15, -0.1) is 0 Å². The van der Waals surface area contributed by atoms with Crippen LogP contribution in [0.4, 0.5) is 5.69 Å². The van der Waals surface area contributed by atoms with E-state index in [1.165, 1.54) is 0 Å². The van der Waals surface area contributed by atoms with E-state index < -0.39 is 0 Å². The molecular weight excluding hydrogens is 378 g/mol. The first-order chi connectivity index (χ1) is 14.6. The van der Waals surface area contributed by atoms with Crippen LogP contribution >= 0.6 is 0 Å². The number of benzene rings is 2. The number of aryl methyl sites for hydroxylation is 2. The Balaban J connectivity index is 1.78. The van der Waals surface area contributed by atoms with Crippen LogP contribution in [-0.2, 0) is 13.1 Å². The van der Waals surface area contributed by atoms with Crippen molar-refractivity contribution < 1.29 is 9.53 Å². The molecule has 0 spiro atoms. The number of carbonyl (C=O) groups excluding carboxylic acids is 1. The Morgan fingerprint density at radius 2 is 1.87 bits per heavy atom. The lowest BCUT2D eigenvalue weighted by molar-refractivity contribution is 0.0977. The van der Waals surface area contributed by atoms with Crippen molar-refractivity contribution in [1.82, 2.24) is 15.1 Å². The van der Waals surface area contributed by atoms with Crippen molar-refractivity contribution in [2.75, 3.05) is 12.4 Å². The summed E-state index contributed by atoms with van der Waals surface area (Å²) in [4.78, 5) is 17.3. The minimum Gasteiger partial charge on any atom is -0.497 e. The lowest BCUT2D eigenvalue weighted by atomic mass is 10.2. The number of ether oxygens (including phenoxy) is 1. The van der Waals surface area contributed by atoms with Gasteiger partial charge in [-0.2, -0.15) is 5.10 Å². The van der Waals surface area contributed by atoms with Crippen molar-refractivity contribution in [3.63, 3.8) is 0 Å². The van der Waals surface area contributed by atoms with E-state index in [4.69, 9.17) is 4.74 Å². The van der Waals surface area contributed by atoms with Crippen molar-refractivity contribution >= 4 is 17.6 Å². The highest BCUT2D eigenvalue weighted by molar-refractivity contribution is 6.09. The summed E-state index contributed by atoms with van der Waals surface area (Å²) in [6.07, 6.45) is 3.02. The number of hydrogen-bond acceptors (Lipinski definition) is 4. The van der Waals surface area contributed by atoms with Crippen molar-refractivity contribution in [3.05, 3.63) is 77.6 Å². The Labute approximate surface area is 176 Å². The number of hydrogen-bond donors (Lipinski definition) is 2. The Morgan fingerprint density at radius 1 is 1.13 bits per heavy atom. The minimum atomic E-state index is -0.252. The number of aromatic nitrogens is 2. The summed E-state index contributed by atoms with van der Waals surface area (Å²) < 4.78 is 7.08. The van der Waals surface area contributed by atoms with Crippen LogP contribution in [0.5, 0.6) is 5.75 Å². The largest absolute Gasteiger partial charge is 0.497 e. The van der Waals surface area contributed by atoms with Crippen molar-refractivity contribution in [2.45, 2.75) is 33.4 Å². The third-order valence-corrected chi connectivity index (χ3v) is 4.53. The average Bonchev–Trinajstić information content (AvgIpc) is 3.12. The van der Waals surface area contributed by atoms with E-state index in [9.17, 15) is 4.79 Å². The van der Waals surface area contributed by atoms with Crippen LogP contribution in [0.1, 0.15) is 35.0 Å². The zero-order valence-corrected chi connectivity index (χ0v) is 17.6.